The van der Waals surface area contributed by atoms with E-state index in [0.717, 1.165) is 36.0 Å². The monoisotopic (exact) mass is 465 g/mol. The van der Waals surface area contributed by atoms with E-state index in [-0.39, 0.29) is 11.7 Å². The summed E-state index contributed by atoms with van der Waals surface area (Å²) in [6.45, 7) is 11.8. The summed E-state index contributed by atoms with van der Waals surface area (Å²) in [6, 6.07) is 3.95. The lowest BCUT2D eigenvalue weighted by Gasteiger charge is -2.32. The molecule has 0 radical (unpaired) electrons. The van der Waals surface area contributed by atoms with E-state index in [1.165, 1.54) is 4.90 Å². The van der Waals surface area contributed by atoms with Crippen molar-refractivity contribution in [2.24, 2.45) is 0 Å². The van der Waals surface area contributed by atoms with Gasteiger partial charge in [-0.3, -0.25) is 9.59 Å². The number of rotatable bonds is 10. The Morgan fingerprint density at radius 1 is 1.16 bits per heavy atom. The normalized spacial score (nSPS) is 13.1. The number of carbonyl (C=O) groups excluding carboxylic acids is 3. The van der Waals surface area contributed by atoms with Gasteiger partial charge < -0.3 is 20.3 Å². The molecule has 2 atom stereocenters. The summed E-state index contributed by atoms with van der Waals surface area (Å²) in [7, 11) is 1.58. The molecule has 3 amide bonds. The van der Waals surface area contributed by atoms with Gasteiger partial charge in [-0.1, -0.05) is 38.0 Å². The number of hydrogen-bond acceptors (Lipinski definition) is 5. The number of thiol groups is 1. The van der Waals surface area contributed by atoms with E-state index >= 15 is 0 Å². The number of nitrogens with zero attached hydrogens (tertiary/aromatic N) is 1. The zero-order chi connectivity index (χ0) is 24.5. The minimum Gasteiger partial charge on any atom is -0.444 e. The number of benzene rings is 1. The lowest BCUT2D eigenvalue weighted by atomic mass is 9.95. The van der Waals surface area contributed by atoms with Gasteiger partial charge in [-0.25, -0.2) is 4.79 Å². The van der Waals surface area contributed by atoms with Gasteiger partial charge in [0.1, 0.15) is 17.7 Å². The van der Waals surface area contributed by atoms with Crippen molar-refractivity contribution in [1.29, 1.82) is 0 Å². The number of unbranched alkanes of at least 4 members (excludes halogenated alkanes) is 2. The Labute approximate surface area is 198 Å². The van der Waals surface area contributed by atoms with Crippen LogP contribution in [0.25, 0.3) is 0 Å². The van der Waals surface area contributed by atoms with Gasteiger partial charge in [0, 0.05) is 19.3 Å². The van der Waals surface area contributed by atoms with Gasteiger partial charge in [0.15, 0.2) is 0 Å². The minimum atomic E-state index is -0.932. The van der Waals surface area contributed by atoms with E-state index in [4.69, 9.17) is 4.74 Å². The predicted molar refractivity (Wildman–Crippen MR) is 131 cm³/mol. The number of ether oxygens (including phenoxy) is 1. The quantitative estimate of drug-likeness (QED) is 0.361. The number of carbonyl (C=O) groups is 3. The molecule has 0 saturated carbocycles. The van der Waals surface area contributed by atoms with Gasteiger partial charge >= 0.3 is 6.09 Å². The number of alkyl carbamates (subject to hydrolysis) is 1. The van der Waals surface area contributed by atoms with E-state index in [1.54, 1.807) is 27.8 Å². The fraction of sp³-hybridized carbons (Fsp3) is 0.625. The lowest BCUT2D eigenvalue weighted by Crippen LogP contribution is -2.52. The zero-order valence-corrected chi connectivity index (χ0v) is 21.3. The molecule has 0 aliphatic carbocycles. The second-order valence-corrected chi connectivity index (χ2v) is 9.39. The van der Waals surface area contributed by atoms with Crippen LogP contribution in [0.1, 0.15) is 69.7 Å². The van der Waals surface area contributed by atoms with Crippen LogP contribution in [0.15, 0.2) is 18.2 Å². The van der Waals surface area contributed by atoms with Crippen LogP contribution in [0.2, 0.25) is 0 Å². The topological polar surface area (TPSA) is 87.7 Å². The maximum atomic E-state index is 13.3. The van der Waals surface area contributed by atoms with Crippen LogP contribution in [0.3, 0.4) is 0 Å². The smallest absolute Gasteiger partial charge is 0.408 e. The first-order chi connectivity index (χ1) is 14.9. The van der Waals surface area contributed by atoms with Gasteiger partial charge in [0.25, 0.3) is 0 Å². The summed E-state index contributed by atoms with van der Waals surface area (Å²) in [4.78, 5) is 40.1. The van der Waals surface area contributed by atoms with Crippen LogP contribution >= 0.6 is 12.6 Å². The fourth-order valence-corrected chi connectivity index (χ4v) is 3.53. The van der Waals surface area contributed by atoms with Crippen molar-refractivity contribution in [2.45, 2.75) is 78.5 Å². The Kier molecular flexibility index (Phi) is 11.1. The number of nitrogens with one attached hydrogen (secondary N) is 2. The summed E-state index contributed by atoms with van der Waals surface area (Å²) in [5, 5.41) is 5.54. The molecular formula is C24H39N3O4S. The Morgan fingerprint density at radius 2 is 1.81 bits per heavy atom. The largest absolute Gasteiger partial charge is 0.444 e. The highest BCUT2D eigenvalue weighted by Crippen LogP contribution is 2.26. The van der Waals surface area contributed by atoms with Crippen LogP contribution < -0.4 is 10.6 Å². The van der Waals surface area contributed by atoms with Crippen molar-refractivity contribution >= 4 is 30.5 Å². The molecule has 8 heteroatoms. The van der Waals surface area contributed by atoms with Crippen molar-refractivity contribution < 1.29 is 19.1 Å². The molecule has 0 aliphatic heterocycles. The molecule has 0 fully saturated rings. The summed E-state index contributed by atoms with van der Waals surface area (Å²) in [5.74, 6) is -0.596. The lowest BCUT2D eigenvalue weighted by molar-refractivity contribution is -0.140. The standard InChI is InChI=1S/C24H39N3O4S/c1-8-9-10-14-25-21(28)20(18-13-11-12-16(2)17(18)3)27(7)22(29)19(15-32)26-23(30)31-24(4,5)6/h11-13,19-20,32H,8-10,14-15H2,1-7H3,(H,25,28)(H,26,30). The maximum Gasteiger partial charge on any atom is 0.408 e. The number of hydrogen-bond donors (Lipinski definition) is 3. The summed E-state index contributed by atoms with van der Waals surface area (Å²) < 4.78 is 5.27. The molecule has 1 aromatic carbocycles. The molecule has 1 aromatic rings. The third kappa shape index (κ3) is 8.37. The van der Waals surface area contributed by atoms with Gasteiger partial charge in [0.2, 0.25) is 11.8 Å². The van der Waals surface area contributed by atoms with Crippen LogP contribution in [0.4, 0.5) is 4.79 Å². The van der Waals surface area contributed by atoms with E-state index in [0.29, 0.717) is 6.54 Å². The maximum absolute atomic E-state index is 13.3. The number of likely N-dealkylation sites (N-methyl/N-ethyl adjacent to an activating group) is 1. The molecule has 1 rings (SSSR count). The summed E-state index contributed by atoms with van der Waals surface area (Å²) in [5.41, 5.74) is 2.04. The van der Waals surface area contributed by atoms with Crippen molar-refractivity contribution in [3.8, 4) is 0 Å². The minimum absolute atomic E-state index is 0.0695. The summed E-state index contributed by atoms with van der Waals surface area (Å²) in [6.07, 6.45) is 2.24. The molecule has 0 bridgehead atoms. The molecule has 2 N–H and O–H groups in total. The third-order valence-corrected chi connectivity index (χ3v) is 5.54. The SMILES string of the molecule is CCCCCNC(=O)C(c1cccc(C)c1C)N(C)C(=O)C(CS)NC(=O)OC(C)(C)C. The Hall–Kier alpha value is -2.22. The van der Waals surface area contributed by atoms with Crippen LogP contribution in [0, 0.1) is 13.8 Å². The molecule has 0 saturated heterocycles. The van der Waals surface area contributed by atoms with E-state index < -0.39 is 29.7 Å². The molecule has 0 aliphatic rings. The highest BCUT2D eigenvalue weighted by Gasteiger charge is 2.34. The van der Waals surface area contributed by atoms with E-state index in [1.807, 2.05) is 32.0 Å². The van der Waals surface area contributed by atoms with Crippen LogP contribution in [-0.2, 0) is 14.3 Å². The zero-order valence-electron chi connectivity index (χ0n) is 20.4. The van der Waals surface area contributed by atoms with Crippen molar-refractivity contribution in [3.63, 3.8) is 0 Å². The summed E-state index contributed by atoms with van der Waals surface area (Å²) >= 11 is 4.24. The highest BCUT2D eigenvalue weighted by atomic mass is 32.1. The molecule has 0 aromatic heterocycles. The van der Waals surface area contributed by atoms with Gasteiger partial charge in [-0.15, -0.1) is 0 Å². The molecule has 180 valence electrons. The molecular weight excluding hydrogens is 426 g/mol. The van der Waals surface area contributed by atoms with Crippen molar-refractivity contribution in [1.82, 2.24) is 15.5 Å². The predicted octanol–water partition coefficient (Wildman–Crippen LogP) is 3.93. The average Bonchev–Trinajstić information content (AvgIpc) is 2.70. The number of aryl methyl sites for hydroxylation is 1. The van der Waals surface area contributed by atoms with E-state index in [9.17, 15) is 14.4 Å². The highest BCUT2D eigenvalue weighted by molar-refractivity contribution is 7.80. The third-order valence-electron chi connectivity index (χ3n) is 5.18. The molecule has 7 nitrogen and oxygen atoms in total. The first-order valence-electron chi connectivity index (χ1n) is 11.1. The van der Waals surface area contributed by atoms with Crippen molar-refractivity contribution in [3.05, 3.63) is 34.9 Å². The second-order valence-electron chi connectivity index (χ2n) is 9.02. The Bertz CT molecular complexity index is 792. The van der Waals surface area contributed by atoms with E-state index in [2.05, 4.69) is 30.2 Å². The molecule has 32 heavy (non-hydrogen) atoms. The molecule has 0 heterocycles. The van der Waals surface area contributed by atoms with Crippen LogP contribution in [0.5, 0.6) is 0 Å². The van der Waals surface area contributed by atoms with Gasteiger partial charge in [-0.05, 0) is 57.7 Å². The van der Waals surface area contributed by atoms with Crippen molar-refractivity contribution in [2.75, 3.05) is 19.3 Å². The number of amides is 3. The van der Waals surface area contributed by atoms with Gasteiger partial charge in [0.05, 0.1) is 0 Å². The molecule has 2 unspecified atom stereocenters. The van der Waals surface area contributed by atoms with Crippen LogP contribution in [-0.4, -0.2) is 53.8 Å². The van der Waals surface area contributed by atoms with Gasteiger partial charge in [-0.2, -0.15) is 12.6 Å². The first-order valence-corrected chi connectivity index (χ1v) is 11.8. The second kappa shape index (κ2) is 12.7. The molecule has 0 spiro atoms. The Morgan fingerprint density at radius 3 is 2.38 bits per heavy atom. The average molecular weight is 466 g/mol. The fourth-order valence-electron chi connectivity index (χ4n) is 3.29. The Balaban J connectivity index is 3.15. The first kappa shape index (κ1) is 27.8.